The lowest BCUT2D eigenvalue weighted by atomic mass is 10.0. The van der Waals surface area contributed by atoms with E-state index in [0.29, 0.717) is 18.1 Å². The van der Waals surface area contributed by atoms with Crippen LogP contribution in [0.5, 0.6) is 0 Å². The average molecular weight is 353 g/mol. The molecule has 0 radical (unpaired) electrons. The second-order valence-electron chi connectivity index (χ2n) is 6.07. The van der Waals surface area contributed by atoms with Crippen molar-refractivity contribution in [2.45, 2.75) is 24.8 Å². The Kier molecular flexibility index (Phi) is 4.65. The molecule has 2 heterocycles. The Morgan fingerprint density at radius 1 is 1.16 bits per heavy atom. The first-order chi connectivity index (χ1) is 12.3. The van der Waals surface area contributed by atoms with Gasteiger partial charge in [-0.25, -0.2) is 0 Å². The van der Waals surface area contributed by atoms with Gasteiger partial charge >= 0.3 is 0 Å². The van der Waals surface area contributed by atoms with Crippen LogP contribution < -0.4 is 0 Å². The first-order valence-electron chi connectivity index (χ1n) is 8.36. The quantitative estimate of drug-likeness (QED) is 0.817. The molecule has 1 aromatic rings. The third-order valence-electron chi connectivity index (χ3n) is 4.34. The Balaban J connectivity index is 1.46. The first-order valence-corrected chi connectivity index (χ1v) is 9.41. The molecular weight excluding hydrogens is 334 g/mol. The summed E-state index contributed by atoms with van der Waals surface area (Å²) in [5.74, 6) is 2.00. The SMILES string of the molecule is O=C1CSC(C2=COC(C3=CC=CCC3)=CO2)N1Cc1ccccc1. The van der Waals surface area contributed by atoms with Gasteiger partial charge in [-0.2, -0.15) is 0 Å². The van der Waals surface area contributed by atoms with Gasteiger partial charge in [0.05, 0.1) is 5.75 Å². The maximum Gasteiger partial charge on any atom is 0.234 e. The predicted molar refractivity (Wildman–Crippen MR) is 98.0 cm³/mol. The molecule has 1 fully saturated rings. The van der Waals surface area contributed by atoms with Gasteiger partial charge in [-0.15, -0.1) is 11.8 Å². The normalized spacial score (nSPS) is 22.7. The van der Waals surface area contributed by atoms with Crippen molar-refractivity contribution in [3.63, 3.8) is 0 Å². The molecule has 128 valence electrons. The van der Waals surface area contributed by atoms with E-state index in [0.717, 1.165) is 29.7 Å². The fourth-order valence-electron chi connectivity index (χ4n) is 3.02. The minimum Gasteiger partial charge on any atom is -0.459 e. The van der Waals surface area contributed by atoms with Gasteiger partial charge in [-0.1, -0.05) is 48.6 Å². The molecule has 1 aliphatic carbocycles. The number of hydrogen-bond donors (Lipinski definition) is 0. The second kappa shape index (κ2) is 7.23. The van der Waals surface area contributed by atoms with Gasteiger partial charge in [0.15, 0.2) is 11.5 Å². The smallest absolute Gasteiger partial charge is 0.234 e. The fourth-order valence-corrected chi connectivity index (χ4v) is 4.13. The highest BCUT2D eigenvalue weighted by Gasteiger charge is 2.36. The third-order valence-corrected chi connectivity index (χ3v) is 5.56. The number of ether oxygens (including phenoxy) is 2. The van der Waals surface area contributed by atoms with Crippen LogP contribution in [-0.2, 0) is 20.8 Å². The van der Waals surface area contributed by atoms with E-state index in [9.17, 15) is 4.79 Å². The summed E-state index contributed by atoms with van der Waals surface area (Å²) in [6, 6.07) is 10.0. The molecule has 1 saturated heterocycles. The maximum absolute atomic E-state index is 12.3. The molecule has 0 saturated carbocycles. The lowest BCUT2D eigenvalue weighted by molar-refractivity contribution is -0.128. The molecule has 3 aliphatic rings. The molecule has 1 aromatic carbocycles. The molecule has 0 aromatic heterocycles. The number of thioether (sulfide) groups is 1. The Hall–Kier alpha value is -2.40. The van der Waals surface area contributed by atoms with Gasteiger partial charge in [0.2, 0.25) is 5.91 Å². The summed E-state index contributed by atoms with van der Waals surface area (Å²) in [6.45, 7) is 0.574. The summed E-state index contributed by atoms with van der Waals surface area (Å²) in [4.78, 5) is 14.1. The lowest BCUT2D eigenvalue weighted by Crippen LogP contribution is -2.34. The maximum atomic E-state index is 12.3. The molecule has 1 unspecified atom stereocenters. The van der Waals surface area contributed by atoms with Crippen molar-refractivity contribution in [3.05, 3.63) is 83.7 Å². The number of carbonyl (C=O) groups excluding carboxylic acids is 1. The number of hydrogen-bond acceptors (Lipinski definition) is 4. The van der Waals surface area contributed by atoms with Gasteiger partial charge < -0.3 is 14.4 Å². The van der Waals surface area contributed by atoms with Crippen molar-refractivity contribution in [2.75, 3.05) is 5.75 Å². The van der Waals surface area contributed by atoms with Gasteiger partial charge in [-0.3, -0.25) is 4.79 Å². The topological polar surface area (TPSA) is 38.8 Å². The minimum absolute atomic E-state index is 0.123. The molecule has 4 rings (SSSR count). The molecule has 0 N–H and O–H groups in total. The number of carbonyl (C=O) groups is 1. The number of amides is 1. The zero-order valence-electron chi connectivity index (χ0n) is 13.8. The molecule has 4 nitrogen and oxygen atoms in total. The van der Waals surface area contributed by atoms with Crippen LogP contribution in [0.25, 0.3) is 0 Å². The van der Waals surface area contributed by atoms with Crippen LogP contribution in [-0.4, -0.2) is 21.9 Å². The highest BCUT2D eigenvalue weighted by molar-refractivity contribution is 8.01. The zero-order chi connectivity index (χ0) is 17.1. The zero-order valence-corrected chi connectivity index (χ0v) is 14.6. The molecule has 1 amide bonds. The monoisotopic (exact) mass is 353 g/mol. The van der Waals surface area contributed by atoms with Crippen molar-refractivity contribution in [3.8, 4) is 0 Å². The summed E-state index contributed by atoms with van der Waals surface area (Å²) in [6.07, 6.45) is 11.5. The Bertz CT molecular complexity index is 779. The average Bonchev–Trinajstić information content (AvgIpc) is 3.04. The van der Waals surface area contributed by atoms with Gasteiger partial charge in [-0.05, 0) is 24.0 Å². The standard InChI is InChI=1S/C20H19NO3S/c22-19-14-25-20(21(19)11-15-7-3-1-4-8-15)18-13-23-17(12-24-18)16-9-5-2-6-10-16/h1-5,7-9,12-13,20H,6,10-11,14H2. The van der Waals surface area contributed by atoms with E-state index in [1.807, 2.05) is 47.4 Å². The highest BCUT2D eigenvalue weighted by atomic mass is 32.2. The van der Waals surface area contributed by atoms with Crippen molar-refractivity contribution in [1.82, 2.24) is 4.90 Å². The van der Waals surface area contributed by atoms with E-state index in [1.165, 1.54) is 0 Å². The van der Waals surface area contributed by atoms with E-state index >= 15 is 0 Å². The van der Waals surface area contributed by atoms with Crippen molar-refractivity contribution >= 4 is 17.7 Å². The first kappa shape index (κ1) is 16.1. The summed E-state index contributed by atoms with van der Waals surface area (Å²) < 4.78 is 11.6. The van der Waals surface area contributed by atoms with E-state index in [-0.39, 0.29) is 11.3 Å². The Labute approximate surface area is 151 Å². The second-order valence-corrected chi connectivity index (χ2v) is 7.14. The number of benzene rings is 1. The van der Waals surface area contributed by atoms with Crippen LogP contribution >= 0.6 is 11.8 Å². The predicted octanol–water partition coefficient (Wildman–Crippen LogP) is 4.09. The molecule has 5 heteroatoms. The Morgan fingerprint density at radius 2 is 2.04 bits per heavy atom. The summed E-state index contributed by atoms with van der Waals surface area (Å²) in [5.41, 5.74) is 2.24. The van der Waals surface area contributed by atoms with Gasteiger partial charge in [0, 0.05) is 6.54 Å². The van der Waals surface area contributed by atoms with Crippen LogP contribution in [0.15, 0.2) is 78.2 Å². The lowest BCUT2D eigenvalue weighted by Gasteiger charge is -2.27. The van der Waals surface area contributed by atoms with Crippen LogP contribution in [0.4, 0.5) is 0 Å². The molecule has 2 aliphatic heterocycles. The minimum atomic E-state index is -0.147. The van der Waals surface area contributed by atoms with Gasteiger partial charge in [0.25, 0.3) is 0 Å². The van der Waals surface area contributed by atoms with E-state index < -0.39 is 0 Å². The van der Waals surface area contributed by atoms with E-state index in [4.69, 9.17) is 9.47 Å². The van der Waals surface area contributed by atoms with Crippen LogP contribution in [0.1, 0.15) is 18.4 Å². The van der Waals surface area contributed by atoms with E-state index in [1.54, 1.807) is 24.3 Å². The largest absolute Gasteiger partial charge is 0.459 e. The molecule has 0 spiro atoms. The number of rotatable bonds is 4. The molecular formula is C20H19NO3S. The van der Waals surface area contributed by atoms with Crippen LogP contribution in [0.3, 0.4) is 0 Å². The van der Waals surface area contributed by atoms with Crippen molar-refractivity contribution < 1.29 is 14.3 Å². The van der Waals surface area contributed by atoms with Crippen molar-refractivity contribution in [1.29, 1.82) is 0 Å². The summed E-state index contributed by atoms with van der Waals surface area (Å²) in [7, 11) is 0. The number of nitrogens with zero attached hydrogens (tertiary/aromatic N) is 1. The molecule has 1 atom stereocenters. The van der Waals surface area contributed by atoms with Gasteiger partial charge in [0.1, 0.15) is 17.9 Å². The summed E-state index contributed by atoms with van der Waals surface area (Å²) >= 11 is 1.57. The van der Waals surface area contributed by atoms with Crippen molar-refractivity contribution in [2.24, 2.45) is 0 Å². The van der Waals surface area contributed by atoms with E-state index in [2.05, 4.69) is 6.08 Å². The van der Waals surface area contributed by atoms with Crippen LogP contribution in [0.2, 0.25) is 0 Å². The molecule has 25 heavy (non-hydrogen) atoms. The number of allylic oxidation sites excluding steroid dienone is 4. The van der Waals surface area contributed by atoms with Crippen LogP contribution in [0, 0.1) is 0 Å². The fraction of sp³-hybridized carbons (Fsp3) is 0.250. The molecule has 0 bridgehead atoms. The summed E-state index contributed by atoms with van der Waals surface area (Å²) in [5, 5.41) is -0.147. The Morgan fingerprint density at radius 3 is 2.76 bits per heavy atom. The highest BCUT2D eigenvalue weighted by Crippen LogP contribution is 2.35. The third kappa shape index (κ3) is 3.51.